The van der Waals surface area contributed by atoms with Crippen LogP contribution in [0, 0.1) is 0 Å². The number of Topliss-reactive ketones (excluding diaryl/α,β-unsaturated/α-hetero) is 1. The molecule has 1 atom stereocenters. The molecule has 1 unspecified atom stereocenters. The Hall–Kier alpha value is -3.45. The Kier molecular flexibility index (Phi) is 5.37. The van der Waals surface area contributed by atoms with Gasteiger partial charge in [0.2, 0.25) is 0 Å². The van der Waals surface area contributed by atoms with Gasteiger partial charge in [0.15, 0.2) is 5.13 Å². The molecule has 6 nitrogen and oxygen atoms in total. The van der Waals surface area contributed by atoms with Crippen LogP contribution in [0.3, 0.4) is 0 Å². The summed E-state index contributed by atoms with van der Waals surface area (Å²) < 4.78 is 5.64. The number of aromatic nitrogens is 1. The van der Waals surface area contributed by atoms with Crippen LogP contribution in [0.1, 0.15) is 31.0 Å². The quantitative estimate of drug-likeness (QED) is 0.372. The van der Waals surface area contributed by atoms with Gasteiger partial charge >= 0.3 is 5.91 Å². The van der Waals surface area contributed by atoms with E-state index in [0.29, 0.717) is 22.0 Å². The molecule has 0 spiro atoms. The van der Waals surface area contributed by atoms with Gasteiger partial charge in [-0.2, -0.15) is 0 Å². The second-order valence-corrected chi connectivity index (χ2v) is 7.96. The van der Waals surface area contributed by atoms with E-state index in [2.05, 4.69) is 4.98 Å². The molecule has 152 valence electrons. The van der Waals surface area contributed by atoms with Gasteiger partial charge < -0.3 is 9.84 Å². The third-order valence-corrected chi connectivity index (χ3v) is 5.46. The van der Waals surface area contributed by atoms with Crippen molar-refractivity contribution in [1.29, 1.82) is 0 Å². The number of carbonyl (C=O) groups is 2. The van der Waals surface area contributed by atoms with Gasteiger partial charge in [-0.05, 0) is 43.7 Å². The second-order valence-electron chi connectivity index (χ2n) is 7.09. The molecule has 0 saturated carbocycles. The second kappa shape index (κ2) is 8.12. The molecule has 1 fully saturated rings. The van der Waals surface area contributed by atoms with E-state index >= 15 is 0 Å². The number of hydrogen-bond donors (Lipinski definition) is 1. The first-order valence-corrected chi connectivity index (χ1v) is 10.4. The number of ketones is 1. The number of benzene rings is 2. The molecule has 4 rings (SSSR count). The number of amides is 1. The van der Waals surface area contributed by atoms with Crippen molar-refractivity contribution in [2.45, 2.75) is 26.0 Å². The number of hydrogen-bond acceptors (Lipinski definition) is 6. The van der Waals surface area contributed by atoms with Crippen LogP contribution in [-0.4, -0.2) is 27.9 Å². The lowest BCUT2D eigenvalue weighted by molar-refractivity contribution is -0.132. The number of ether oxygens (including phenoxy) is 1. The largest absolute Gasteiger partial charge is 0.507 e. The van der Waals surface area contributed by atoms with Crippen LogP contribution in [0.4, 0.5) is 5.13 Å². The van der Waals surface area contributed by atoms with E-state index in [1.165, 1.54) is 16.2 Å². The molecule has 1 N–H and O–H groups in total. The molecule has 1 saturated heterocycles. The molecule has 0 bridgehead atoms. The van der Waals surface area contributed by atoms with E-state index < -0.39 is 17.7 Å². The van der Waals surface area contributed by atoms with Gasteiger partial charge in [-0.1, -0.05) is 30.3 Å². The highest BCUT2D eigenvalue weighted by molar-refractivity contribution is 7.14. The van der Waals surface area contributed by atoms with E-state index in [1.807, 2.05) is 44.2 Å². The van der Waals surface area contributed by atoms with Crippen LogP contribution in [-0.2, 0) is 9.59 Å². The topological polar surface area (TPSA) is 79.7 Å². The lowest BCUT2D eigenvalue weighted by Gasteiger charge is -2.22. The molecule has 3 aromatic rings. The van der Waals surface area contributed by atoms with Gasteiger partial charge in [0.1, 0.15) is 11.5 Å². The zero-order valence-electron chi connectivity index (χ0n) is 16.5. The molecule has 1 aliphatic rings. The van der Waals surface area contributed by atoms with E-state index in [-0.39, 0.29) is 17.4 Å². The van der Waals surface area contributed by atoms with Crippen molar-refractivity contribution in [2.24, 2.45) is 0 Å². The summed E-state index contributed by atoms with van der Waals surface area (Å²) in [6, 6.07) is 15.2. The minimum absolute atomic E-state index is 0.0196. The summed E-state index contributed by atoms with van der Waals surface area (Å²) >= 11 is 1.26. The number of thiazole rings is 1. The van der Waals surface area contributed by atoms with Gasteiger partial charge in [-0.15, -0.1) is 11.3 Å². The van der Waals surface area contributed by atoms with Crippen molar-refractivity contribution in [3.05, 3.63) is 82.9 Å². The Morgan fingerprint density at radius 3 is 2.40 bits per heavy atom. The fourth-order valence-electron chi connectivity index (χ4n) is 3.43. The fraction of sp³-hybridized carbons (Fsp3) is 0.174. The van der Waals surface area contributed by atoms with Crippen molar-refractivity contribution < 1.29 is 19.4 Å². The first-order valence-electron chi connectivity index (χ1n) is 9.50. The Morgan fingerprint density at radius 2 is 1.80 bits per heavy atom. The summed E-state index contributed by atoms with van der Waals surface area (Å²) in [6.07, 6.45) is 1.60. The zero-order valence-corrected chi connectivity index (χ0v) is 17.3. The third-order valence-electron chi connectivity index (χ3n) is 4.68. The molecular formula is C23H20N2O4S. The lowest BCUT2D eigenvalue weighted by atomic mass is 9.95. The highest BCUT2D eigenvalue weighted by Gasteiger charge is 2.47. The van der Waals surface area contributed by atoms with Crippen LogP contribution in [0.15, 0.2) is 71.7 Å². The third kappa shape index (κ3) is 3.59. The smallest absolute Gasteiger partial charge is 0.301 e. The molecule has 1 aromatic heterocycles. The minimum atomic E-state index is -0.760. The molecule has 30 heavy (non-hydrogen) atoms. The summed E-state index contributed by atoms with van der Waals surface area (Å²) in [5.74, 6) is -1.01. The van der Waals surface area contributed by atoms with Gasteiger partial charge in [0, 0.05) is 17.1 Å². The monoisotopic (exact) mass is 420 g/mol. The average Bonchev–Trinajstić information content (AvgIpc) is 3.35. The Morgan fingerprint density at radius 1 is 1.10 bits per heavy atom. The summed E-state index contributed by atoms with van der Waals surface area (Å²) in [5, 5.41) is 13.2. The summed E-state index contributed by atoms with van der Waals surface area (Å²) in [5.41, 5.74) is 1.19. The van der Waals surface area contributed by atoms with E-state index in [0.717, 1.165) is 0 Å². The predicted molar refractivity (Wildman–Crippen MR) is 116 cm³/mol. The number of nitrogens with zero attached hydrogens (tertiary/aromatic N) is 2. The molecule has 0 aliphatic carbocycles. The van der Waals surface area contributed by atoms with E-state index in [9.17, 15) is 14.7 Å². The first kappa shape index (κ1) is 19.8. The molecular weight excluding hydrogens is 400 g/mol. The van der Waals surface area contributed by atoms with E-state index in [4.69, 9.17) is 4.74 Å². The highest BCUT2D eigenvalue weighted by Crippen LogP contribution is 2.42. The van der Waals surface area contributed by atoms with Gasteiger partial charge in [-0.3, -0.25) is 14.5 Å². The van der Waals surface area contributed by atoms with Crippen LogP contribution < -0.4 is 9.64 Å². The number of aliphatic hydroxyl groups is 1. The van der Waals surface area contributed by atoms with Crippen LogP contribution in [0.25, 0.3) is 5.76 Å². The Labute approximate surface area is 178 Å². The summed E-state index contributed by atoms with van der Waals surface area (Å²) in [4.78, 5) is 31.4. The van der Waals surface area contributed by atoms with E-state index in [1.54, 1.807) is 35.8 Å². The van der Waals surface area contributed by atoms with Crippen LogP contribution >= 0.6 is 11.3 Å². The maximum atomic E-state index is 13.0. The van der Waals surface area contributed by atoms with Gasteiger partial charge in [-0.25, -0.2) is 4.98 Å². The molecule has 2 aromatic carbocycles. The SMILES string of the molecule is CC(C)Oc1ccc(/C(O)=C2/C(=O)C(=O)N(c3nccs3)C2c2ccccc2)cc1. The van der Waals surface area contributed by atoms with Crippen molar-refractivity contribution in [1.82, 2.24) is 4.98 Å². The summed E-state index contributed by atoms with van der Waals surface area (Å²) in [7, 11) is 0. The zero-order chi connectivity index (χ0) is 21.3. The maximum Gasteiger partial charge on any atom is 0.301 e. The molecule has 0 radical (unpaired) electrons. The number of carbonyl (C=O) groups excluding carboxylic acids is 2. The fourth-order valence-corrected chi connectivity index (χ4v) is 4.10. The molecule has 7 heteroatoms. The van der Waals surface area contributed by atoms with Gasteiger partial charge in [0.05, 0.1) is 17.7 Å². The standard InChI is InChI=1S/C23H20N2O4S/c1-14(2)29-17-10-8-16(9-11-17)20(26)18-19(15-6-4-3-5-7-15)25(22(28)21(18)27)23-24-12-13-30-23/h3-14,19,26H,1-2H3/b20-18-. The minimum Gasteiger partial charge on any atom is -0.507 e. The van der Waals surface area contributed by atoms with Crippen molar-refractivity contribution in [2.75, 3.05) is 4.90 Å². The lowest BCUT2D eigenvalue weighted by Crippen LogP contribution is -2.29. The predicted octanol–water partition coefficient (Wildman–Crippen LogP) is 4.56. The number of aliphatic hydroxyl groups excluding tert-OH is 1. The van der Waals surface area contributed by atoms with Gasteiger partial charge in [0.25, 0.3) is 5.78 Å². The molecule has 1 aliphatic heterocycles. The normalized spacial score (nSPS) is 18.2. The molecule has 2 heterocycles. The van der Waals surface area contributed by atoms with Crippen LogP contribution in [0.2, 0.25) is 0 Å². The highest BCUT2D eigenvalue weighted by atomic mass is 32.1. The summed E-state index contributed by atoms with van der Waals surface area (Å²) in [6.45, 7) is 3.85. The maximum absolute atomic E-state index is 13.0. The average molecular weight is 420 g/mol. The Bertz CT molecular complexity index is 1090. The first-order chi connectivity index (χ1) is 14.5. The van der Waals surface area contributed by atoms with Crippen molar-refractivity contribution in [3.63, 3.8) is 0 Å². The van der Waals surface area contributed by atoms with Crippen molar-refractivity contribution in [3.8, 4) is 5.75 Å². The molecule has 1 amide bonds. The number of rotatable bonds is 5. The Balaban J connectivity index is 1.83. The number of anilines is 1. The van der Waals surface area contributed by atoms with Crippen LogP contribution in [0.5, 0.6) is 5.75 Å². The van der Waals surface area contributed by atoms with Crippen molar-refractivity contribution >= 4 is 33.9 Å².